The van der Waals surface area contributed by atoms with Crippen molar-refractivity contribution in [1.82, 2.24) is 0 Å². The summed E-state index contributed by atoms with van der Waals surface area (Å²) in [5.41, 5.74) is 6.15. The number of primary amides is 1. The van der Waals surface area contributed by atoms with Crippen molar-refractivity contribution in [3.05, 3.63) is 54.1 Å². The highest BCUT2D eigenvalue weighted by Crippen LogP contribution is 2.35. The van der Waals surface area contributed by atoms with Crippen LogP contribution in [0.2, 0.25) is 0 Å². The monoisotopic (exact) mass is 489 g/mol. The van der Waals surface area contributed by atoms with Gasteiger partial charge in [-0.25, -0.2) is 8.42 Å². The lowest BCUT2D eigenvalue weighted by atomic mass is 9.95. The fourth-order valence-corrected chi connectivity index (χ4v) is 5.95. The van der Waals surface area contributed by atoms with E-state index in [0.717, 1.165) is 0 Å². The third-order valence-corrected chi connectivity index (χ3v) is 8.80. The standard InChI is InChI=1S/C25H31NO7S/c1-18(23(27)19-5-7-20(31-2)8-6-19)4-3-15-33-21-9-11-22(12-10-21)34(29,30)25(24(26)28)13-16-32-17-14-25/h5-12,18H,3-4,13-17H2,1-2H3,(H2,26,28). The molecule has 34 heavy (non-hydrogen) atoms. The molecule has 2 aromatic carbocycles. The van der Waals surface area contributed by atoms with Crippen molar-refractivity contribution < 1.29 is 32.2 Å². The molecule has 184 valence electrons. The molecule has 9 heteroatoms. The van der Waals surface area contributed by atoms with Crippen LogP contribution in [0.15, 0.2) is 53.4 Å². The number of hydrogen-bond acceptors (Lipinski definition) is 7. The maximum absolute atomic E-state index is 13.2. The zero-order chi connectivity index (χ0) is 24.8. The summed E-state index contributed by atoms with van der Waals surface area (Å²) in [6, 6.07) is 13.0. The van der Waals surface area contributed by atoms with E-state index in [9.17, 15) is 18.0 Å². The Labute approximate surface area is 200 Å². The van der Waals surface area contributed by atoms with Crippen LogP contribution in [-0.2, 0) is 19.4 Å². The number of ketones is 1. The highest BCUT2D eigenvalue weighted by Gasteiger charge is 2.51. The van der Waals surface area contributed by atoms with Gasteiger partial charge in [-0.2, -0.15) is 0 Å². The van der Waals surface area contributed by atoms with E-state index in [2.05, 4.69) is 0 Å². The van der Waals surface area contributed by atoms with Crippen LogP contribution in [-0.4, -0.2) is 51.8 Å². The van der Waals surface area contributed by atoms with Gasteiger partial charge < -0.3 is 19.9 Å². The first kappa shape index (κ1) is 25.7. The first-order valence-corrected chi connectivity index (χ1v) is 12.7. The summed E-state index contributed by atoms with van der Waals surface area (Å²) in [6.07, 6.45) is 1.39. The van der Waals surface area contributed by atoms with Crippen LogP contribution >= 0.6 is 0 Å². The van der Waals surface area contributed by atoms with Crippen molar-refractivity contribution >= 4 is 21.5 Å². The van der Waals surface area contributed by atoms with Crippen LogP contribution in [0.1, 0.15) is 43.0 Å². The van der Waals surface area contributed by atoms with Crippen molar-refractivity contribution in [2.24, 2.45) is 11.7 Å². The fourth-order valence-electron chi connectivity index (χ4n) is 4.04. The second-order valence-corrected chi connectivity index (χ2v) is 10.7. The largest absolute Gasteiger partial charge is 0.497 e. The molecule has 8 nitrogen and oxygen atoms in total. The van der Waals surface area contributed by atoms with Crippen LogP contribution in [0.3, 0.4) is 0 Å². The van der Waals surface area contributed by atoms with Crippen molar-refractivity contribution in [3.63, 3.8) is 0 Å². The zero-order valence-corrected chi connectivity index (χ0v) is 20.3. The number of ether oxygens (including phenoxy) is 3. The Morgan fingerprint density at radius 2 is 1.62 bits per heavy atom. The van der Waals surface area contributed by atoms with Crippen molar-refractivity contribution in [1.29, 1.82) is 0 Å². The molecule has 3 rings (SSSR count). The van der Waals surface area contributed by atoms with Crippen molar-refractivity contribution in [3.8, 4) is 11.5 Å². The summed E-state index contributed by atoms with van der Waals surface area (Å²) in [5, 5.41) is 0. The molecule has 1 amide bonds. The minimum absolute atomic E-state index is 0.0271. The number of methoxy groups -OCH3 is 1. The van der Waals surface area contributed by atoms with E-state index in [-0.39, 0.29) is 42.7 Å². The van der Waals surface area contributed by atoms with Gasteiger partial charge in [0, 0.05) is 24.7 Å². The summed E-state index contributed by atoms with van der Waals surface area (Å²) >= 11 is 0. The van der Waals surface area contributed by atoms with Gasteiger partial charge in [0.15, 0.2) is 20.4 Å². The lowest BCUT2D eigenvalue weighted by Crippen LogP contribution is -2.53. The Kier molecular flexibility index (Phi) is 8.33. The summed E-state index contributed by atoms with van der Waals surface area (Å²) in [7, 11) is -2.39. The average molecular weight is 490 g/mol. The van der Waals surface area contributed by atoms with Gasteiger partial charge >= 0.3 is 0 Å². The number of sulfone groups is 1. The van der Waals surface area contributed by atoms with Crippen LogP contribution < -0.4 is 15.2 Å². The predicted octanol–water partition coefficient (Wildman–Crippen LogP) is 3.18. The zero-order valence-electron chi connectivity index (χ0n) is 19.5. The maximum atomic E-state index is 13.2. The van der Waals surface area contributed by atoms with Gasteiger partial charge in [0.2, 0.25) is 5.91 Å². The Morgan fingerprint density at radius 3 is 2.18 bits per heavy atom. The molecule has 1 heterocycles. The molecule has 0 aliphatic carbocycles. The second kappa shape index (κ2) is 11.0. The second-order valence-electron chi connectivity index (χ2n) is 8.43. The van der Waals surface area contributed by atoms with Gasteiger partial charge in [-0.1, -0.05) is 6.92 Å². The molecule has 0 aromatic heterocycles. The van der Waals surface area contributed by atoms with Crippen molar-refractivity contribution in [2.75, 3.05) is 26.9 Å². The quantitative estimate of drug-likeness (QED) is 0.380. The van der Waals surface area contributed by atoms with Crippen LogP contribution in [0, 0.1) is 5.92 Å². The van der Waals surface area contributed by atoms with Crippen molar-refractivity contribution in [2.45, 2.75) is 42.2 Å². The topological polar surface area (TPSA) is 122 Å². The minimum Gasteiger partial charge on any atom is -0.497 e. The van der Waals surface area contributed by atoms with E-state index in [1.165, 1.54) is 12.1 Å². The average Bonchev–Trinajstić information content (AvgIpc) is 2.86. The molecular formula is C25H31NO7S. The molecule has 0 bridgehead atoms. The molecule has 0 saturated carbocycles. The number of benzene rings is 2. The van der Waals surface area contributed by atoms with Gasteiger partial charge in [0.25, 0.3) is 0 Å². The summed E-state index contributed by atoms with van der Waals surface area (Å²) in [4.78, 5) is 24.7. The van der Waals surface area contributed by atoms with E-state index in [4.69, 9.17) is 19.9 Å². The Morgan fingerprint density at radius 1 is 1.03 bits per heavy atom. The molecule has 2 N–H and O–H groups in total. The summed E-state index contributed by atoms with van der Waals surface area (Å²) in [6.45, 7) is 2.61. The highest BCUT2D eigenvalue weighted by molar-refractivity contribution is 7.93. The summed E-state index contributed by atoms with van der Waals surface area (Å²) < 4.78 is 40.8. The van der Waals surface area contributed by atoms with Crippen LogP contribution in [0.25, 0.3) is 0 Å². The lowest BCUT2D eigenvalue weighted by Gasteiger charge is -2.33. The SMILES string of the molecule is COc1ccc(C(=O)C(C)CCCOc2ccc(S(=O)(=O)C3(C(N)=O)CCOCC3)cc2)cc1. The maximum Gasteiger partial charge on any atom is 0.239 e. The molecule has 2 aromatic rings. The van der Waals surface area contributed by atoms with Gasteiger partial charge in [-0.3, -0.25) is 9.59 Å². The number of carbonyl (C=O) groups is 2. The lowest BCUT2D eigenvalue weighted by molar-refractivity contribution is -0.122. The normalized spacial score (nSPS) is 16.4. The Hall–Kier alpha value is -2.91. The Bertz CT molecular complexity index is 1090. The number of nitrogens with two attached hydrogens (primary N) is 1. The molecule has 1 unspecified atom stereocenters. The molecule has 0 spiro atoms. The van der Waals surface area contributed by atoms with E-state index in [1.54, 1.807) is 43.5 Å². The molecular weight excluding hydrogens is 458 g/mol. The van der Waals surface area contributed by atoms with E-state index in [0.29, 0.717) is 36.5 Å². The molecule has 1 fully saturated rings. The highest BCUT2D eigenvalue weighted by atomic mass is 32.2. The summed E-state index contributed by atoms with van der Waals surface area (Å²) in [5.74, 6) is 0.263. The molecule has 1 saturated heterocycles. The van der Waals surface area contributed by atoms with Gasteiger partial charge in [0.1, 0.15) is 11.5 Å². The predicted molar refractivity (Wildman–Crippen MR) is 127 cm³/mol. The van der Waals surface area contributed by atoms with Crippen LogP contribution in [0.4, 0.5) is 0 Å². The van der Waals surface area contributed by atoms with Gasteiger partial charge in [-0.05, 0) is 74.2 Å². The number of carbonyl (C=O) groups excluding carboxylic acids is 2. The van der Waals surface area contributed by atoms with Gasteiger partial charge in [0.05, 0.1) is 18.6 Å². The fraction of sp³-hybridized carbons (Fsp3) is 0.440. The van der Waals surface area contributed by atoms with E-state index < -0.39 is 20.5 Å². The molecule has 0 radical (unpaired) electrons. The van der Waals surface area contributed by atoms with E-state index in [1.807, 2.05) is 6.92 Å². The number of rotatable bonds is 11. The molecule has 1 atom stereocenters. The van der Waals surface area contributed by atoms with Gasteiger partial charge in [-0.15, -0.1) is 0 Å². The minimum atomic E-state index is -3.97. The number of hydrogen-bond donors (Lipinski definition) is 1. The van der Waals surface area contributed by atoms with E-state index >= 15 is 0 Å². The number of amides is 1. The third-order valence-electron chi connectivity index (χ3n) is 6.27. The molecule has 1 aliphatic rings. The molecule has 1 aliphatic heterocycles. The third kappa shape index (κ3) is 5.42. The smallest absolute Gasteiger partial charge is 0.239 e. The first-order chi connectivity index (χ1) is 16.2. The first-order valence-electron chi connectivity index (χ1n) is 11.2. The van der Waals surface area contributed by atoms with Crippen LogP contribution in [0.5, 0.6) is 11.5 Å². The Balaban J connectivity index is 1.53. The number of Topliss-reactive ketones (excluding diaryl/α,β-unsaturated/α-hetero) is 1.